The number of carboxylic acid groups (broad SMARTS) is 2. The van der Waals surface area contributed by atoms with Crippen molar-refractivity contribution in [2.24, 2.45) is 0 Å². The summed E-state index contributed by atoms with van der Waals surface area (Å²) in [5.41, 5.74) is 0.295. The molecule has 18 heavy (non-hydrogen) atoms. The summed E-state index contributed by atoms with van der Waals surface area (Å²) in [5.74, 6) is -2.28. The van der Waals surface area contributed by atoms with Crippen LogP contribution < -0.4 is 10.6 Å². The zero-order chi connectivity index (χ0) is 13.7. The van der Waals surface area contributed by atoms with Gasteiger partial charge in [0, 0.05) is 5.69 Å². The number of hydrogen-bond donors (Lipinski definition) is 4. The number of aromatic carboxylic acids is 1. The fraction of sp³-hybridized carbons (Fsp3) is 0.182. The quantitative estimate of drug-likeness (QED) is 0.637. The molecule has 0 saturated carbocycles. The van der Waals surface area contributed by atoms with E-state index in [2.05, 4.69) is 10.6 Å². The van der Waals surface area contributed by atoms with Crippen LogP contribution in [0, 0.1) is 0 Å². The molecule has 7 nitrogen and oxygen atoms in total. The molecule has 96 valence electrons. The maximum Gasteiger partial charge on any atom is 0.335 e. The first kappa shape index (κ1) is 13.5. The average molecular weight is 252 g/mol. The molecule has 2 amide bonds. The van der Waals surface area contributed by atoms with Crippen molar-refractivity contribution in [3.8, 4) is 0 Å². The summed E-state index contributed by atoms with van der Waals surface area (Å²) in [5, 5.41) is 21.9. The number of nitrogens with one attached hydrogen (secondary N) is 2. The van der Waals surface area contributed by atoms with Crippen molar-refractivity contribution >= 4 is 23.7 Å². The Balaban J connectivity index is 2.67. The molecule has 1 aromatic rings. The first-order valence-electron chi connectivity index (χ1n) is 5.04. The molecule has 0 saturated heterocycles. The summed E-state index contributed by atoms with van der Waals surface area (Å²) in [6.07, 6.45) is 0. The predicted octanol–water partition coefficient (Wildman–Crippen LogP) is 0.979. The number of benzene rings is 1. The van der Waals surface area contributed by atoms with Gasteiger partial charge in [0.25, 0.3) is 0 Å². The molecule has 4 N–H and O–H groups in total. The van der Waals surface area contributed by atoms with E-state index in [0.717, 1.165) is 0 Å². The van der Waals surface area contributed by atoms with E-state index in [9.17, 15) is 14.4 Å². The van der Waals surface area contributed by atoms with Crippen molar-refractivity contribution in [1.29, 1.82) is 0 Å². The lowest BCUT2D eigenvalue weighted by Gasteiger charge is -2.10. The van der Waals surface area contributed by atoms with Gasteiger partial charge in [-0.1, -0.05) is 6.07 Å². The summed E-state index contributed by atoms with van der Waals surface area (Å²) in [6.45, 7) is 1.32. The Morgan fingerprint density at radius 1 is 1.22 bits per heavy atom. The van der Waals surface area contributed by atoms with Crippen molar-refractivity contribution in [3.63, 3.8) is 0 Å². The standard InChI is InChI=1S/C11H12N2O5/c1-6(9(14)15)12-11(18)13-8-4-2-3-7(5-8)10(16)17/h2-6H,1H3,(H,14,15)(H,16,17)(H2,12,13,18). The van der Waals surface area contributed by atoms with Gasteiger partial charge in [0.2, 0.25) is 0 Å². The highest BCUT2D eigenvalue weighted by atomic mass is 16.4. The largest absolute Gasteiger partial charge is 0.480 e. The number of urea groups is 1. The lowest BCUT2D eigenvalue weighted by molar-refractivity contribution is -0.138. The van der Waals surface area contributed by atoms with Crippen molar-refractivity contribution in [1.82, 2.24) is 5.32 Å². The molecule has 0 aromatic heterocycles. The third kappa shape index (κ3) is 3.78. The third-order valence-electron chi connectivity index (χ3n) is 2.09. The van der Waals surface area contributed by atoms with Gasteiger partial charge in [-0.25, -0.2) is 9.59 Å². The Labute approximate surface area is 102 Å². The van der Waals surface area contributed by atoms with Crippen LogP contribution in [-0.4, -0.2) is 34.2 Å². The van der Waals surface area contributed by atoms with E-state index >= 15 is 0 Å². The van der Waals surface area contributed by atoms with Gasteiger partial charge in [-0.3, -0.25) is 4.79 Å². The zero-order valence-electron chi connectivity index (χ0n) is 9.51. The number of carboxylic acids is 2. The first-order chi connectivity index (χ1) is 8.40. The molecule has 0 fully saturated rings. The number of amides is 2. The fourth-order valence-electron chi connectivity index (χ4n) is 1.16. The number of carbonyl (C=O) groups excluding carboxylic acids is 1. The molecule has 0 radical (unpaired) electrons. The number of hydrogen-bond acceptors (Lipinski definition) is 3. The Bertz CT molecular complexity index is 486. The lowest BCUT2D eigenvalue weighted by Crippen LogP contribution is -2.40. The van der Waals surface area contributed by atoms with Crippen LogP contribution in [0.2, 0.25) is 0 Å². The van der Waals surface area contributed by atoms with Crippen LogP contribution in [0.5, 0.6) is 0 Å². The summed E-state index contributed by atoms with van der Waals surface area (Å²) in [6, 6.07) is 3.87. The minimum absolute atomic E-state index is 0.0269. The minimum atomic E-state index is -1.16. The van der Waals surface area contributed by atoms with Crippen LogP contribution in [0.25, 0.3) is 0 Å². The molecule has 0 aliphatic heterocycles. The second-order valence-corrected chi connectivity index (χ2v) is 3.54. The molecule has 0 heterocycles. The number of rotatable bonds is 4. The summed E-state index contributed by atoms with van der Waals surface area (Å²) >= 11 is 0. The van der Waals surface area contributed by atoms with Crippen LogP contribution in [0.4, 0.5) is 10.5 Å². The number of anilines is 1. The molecule has 0 aliphatic rings. The molecule has 1 unspecified atom stereocenters. The predicted molar refractivity (Wildman–Crippen MR) is 62.7 cm³/mol. The normalized spacial score (nSPS) is 11.4. The van der Waals surface area contributed by atoms with Crippen LogP contribution in [0.3, 0.4) is 0 Å². The van der Waals surface area contributed by atoms with Crippen LogP contribution >= 0.6 is 0 Å². The Hall–Kier alpha value is -2.57. The number of aliphatic carboxylic acids is 1. The van der Waals surface area contributed by atoms with Crippen LogP contribution in [-0.2, 0) is 4.79 Å². The average Bonchev–Trinajstić information content (AvgIpc) is 2.28. The molecule has 0 spiro atoms. The maximum absolute atomic E-state index is 11.4. The van der Waals surface area contributed by atoms with Gasteiger partial charge in [-0.05, 0) is 25.1 Å². The van der Waals surface area contributed by atoms with Gasteiger partial charge in [0.05, 0.1) is 5.56 Å². The van der Waals surface area contributed by atoms with Gasteiger partial charge in [-0.15, -0.1) is 0 Å². The van der Waals surface area contributed by atoms with Crippen molar-refractivity contribution < 1.29 is 24.6 Å². The monoisotopic (exact) mass is 252 g/mol. The minimum Gasteiger partial charge on any atom is -0.480 e. The molecule has 0 bridgehead atoms. The first-order valence-corrected chi connectivity index (χ1v) is 5.04. The highest BCUT2D eigenvalue weighted by Crippen LogP contribution is 2.10. The lowest BCUT2D eigenvalue weighted by atomic mass is 10.2. The molecule has 7 heteroatoms. The molecule has 1 aromatic carbocycles. The van der Waals surface area contributed by atoms with Crippen LogP contribution in [0.15, 0.2) is 24.3 Å². The van der Waals surface area contributed by atoms with Crippen molar-refractivity contribution in [3.05, 3.63) is 29.8 Å². The van der Waals surface area contributed by atoms with Crippen molar-refractivity contribution in [2.45, 2.75) is 13.0 Å². The smallest absolute Gasteiger partial charge is 0.335 e. The van der Waals surface area contributed by atoms with Gasteiger partial charge in [-0.2, -0.15) is 0 Å². The van der Waals surface area contributed by atoms with E-state index in [1.165, 1.54) is 31.2 Å². The maximum atomic E-state index is 11.4. The second kappa shape index (κ2) is 5.67. The second-order valence-electron chi connectivity index (χ2n) is 3.54. The van der Waals surface area contributed by atoms with E-state index in [-0.39, 0.29) is 11.3 Å². The van der Waals surface area contributed by atoms with Gasteiger partial charge in [0.15, 0.2) is 0 Å². The number of carbonyl (C=O) groups is 3. The van der Waals surface area contributed by atoms with E-state index in [1.807, 2.05) is 0 Å². The van der Waals surface area contributed by atoms with E-state index in [4.69, 9.17) is 10.2 Å². The van der Waals surface area contributed by atoms with Crippen molar-refractivity contribution in [2.75, 3.05) is 5.32 Å². The summed E-state index contributed by atoms with van der Waals surface area (Å²) in [4.78, 5) is 32.6. The van der Waals surface area contributed by atoms with Crippen LogP contribution in [0.1, 0.15) is 17.3 Å². The highest BCUT2D eigenvalue weighted by molar-refractivity contribution is 5.94. The summed E-state index contributed by atoms with van der Waals surface area (Å²) < 4.78 is 0. The van der Waals surface area contributed by atoms with E-state index in [0.29, 0.717) is 0 Å². The topological polar surface area (TPSA) is 116 Å². The zero-order valence-corrected chi connectivity index (χ0v) is 9.51. The molecular weight excluding hydrogens is 240 g/mol. The summed E-state index contributed by atoms with van der Waals surface area (Å²) in [7, 11) is 0. The molecule has 1 rings (SSSR count). The Morgan fingerprint density at radius 2 is 1.89 bits per heavy atom. The van der Waals surface area contributed by atoms with E-state index < -0.39 is 24.0 Å². The molecule has 1 atom stereocenters. The fourth-order valence-corrected chi connectivity index (χ4v) is 1.16. The molecule has 0 aliphatic carbocycles. The Morgan fingerprint density at radius 3 is 2.44 bits per heavy atom. The van der Waals surface area contributed by atoms with Gasteiger partial charge in [0.1, 0.15) is 6.04 Å². The SMILES string of the molecule is CC(NC(=O)Nc1cccc(C(=O)O)c1)C(=O)O. The van der Waals surface area contributed by atoms with Gasteiger partial charge >= 0.3 is 18.0 Å². The van der Waals surface area contributed by atoms with Gasteiger partial charge < -0.3 is 20.8 Å². The highest BCUT2D eigenvalue weighted by Gasteiger charge is 2.14. The third-order valence-corrected chi connectivity index (χ3v) is 2.09. The molecular formula is C11H12N2O5. The van der Waals surface area contributed by atoms with E-state index in [1.54, 1.807) is 0 Å². The Kier molecular flexibility index (Phi) is 4.25.